The monoisotopic (exact) mass is 306 g/mol. The molecule has 1 N–H and O–H groups in total. The topological polar surface area (TPSA) is 72.8 Å². The number of esters is 2. The smallest absolute Gasteiger partial charge is 0.334 e. The summed E-state index contributed by atoms with van der Waals surface area (Å²) in [5.41, 5.74) is 2.24. The van der Waals surface area contributed by atoms with Gasteiger partial charge >= 0.3 is 11.9 Å². The highest BCUT2D eigenvalue weighted by Gasteiger charge is 2.25. The third kappa shape index (κ3) is 4.43. The summed E-state index contributed by atoms with van der Waals surface area (Å²) in [5, 5.41) is 9.06. The molecule has 0 fully saturated rings. The number of aliphatic hydroxyl groups is 1. The van der Waals surface area contributed by atoms with Crippen molar-refractivity contribution in [3.8, 4) is 0 Å². The molecule has 0 spiro atoms. The van der Waals surface area contributed by atoms with Crippen LogP contribution >= 0.6 is 0 Å². The van der Waals surface area contributed by atoms with Crippen molar-refractivity contribution < 1.29 is 24.2 Å². The molecule has 5 nitrogen and oxygen atoms in total. The van der Waals surface area contributed by atoms with Gasteiger partial charge < -0.3 is 14.6 Å². The normalized spacial score (nSPS) is 11.9. The Labute approximate surface area is 130 Å². The van der Waals surface area contributed by atoms with Crippen LogP contribution in [0.2, 0.25) is 0 Å². The van der Waals surface area contributed by atoms with Crippen LogP contribution in [-0.4, -0.2) is 31.3 Å². The molecule has 5 heteroatoms. The molecule has 0 heterocycles. The van der Waals surface area contributed by atoms with E-state index in [0.29, 0.717) is 11.1 Å². The Morgan fingerprint density at radius 3 is 1.91 bits per heavy atom. The van der Waals surface area contributed by atoms with Crippen molar-refractivity contribution >= 4 is 11.9 Å². The van der Waals surface area contributed by atoms with Crippen molar-refractivity contribution in [2.75, 3.05) is 14.2 Å². The first-order valence-electron chi connectivity index (χ1n) is 7.02. The lowest BCUT2D eigenvalue weighted by Crippen LogP contribution is -2.20. The highest BCUT2D eigenvalue weighted by atomic mass is 16.5. The highest BCUT2D eigenvalue weighted by molar-refractivity contribution is 6.00. The van der Waals surface area contributed by atoms with Gasteiger partial charge in [-0.1, -0.05) is 38.1 Å². The lowest BCUT2D eigenvalue weighted by atomic mass is 9.92. The van der Waals surface area contributed by atoms with Crippen LogP contribution in [0.4, 0.5) is 0 Å². The van der Waals surface area contributed by atoms with Crippen LogP contribution in [0.15, 0.2) is 35.4 Å². The minimum atomic E-state index is -0.541. The average Bonchev–Trinajstić information content (AvgIpc) is 2.53. The predicted octanol–water partition coefficient (Wildman–Crippen LogP) is 2.02. The second kappa shape index (κ2) is 8.34. The van der Waals surface area contributed by atoms with Crippen LogP contribution in [-0.2, 0) is 32.1 Å². The predicted molar refractivity (Wildman–Crippen MR) is 82.0 cm³/mol. The largest absolute Gasteiger partial charge is 0.466 e. The summed E-state index contributed by atoms with van der Waals surface area (Å²) >= 11 is 0. The Balaban J connectivity index is 3.26. The third-order valence-electron chi connectivity index (χ3n) is 3.33. The Morgan fingerprint density at radius 2 is 1.50 bits per heavy atom. The molecule has 1 aromatic rings. The molecule has 0 saturated carbocycles. The molecule has 0 bridgehead atoms. The van der Waals surface area contributed by atoms with Crippen LogP contribution in [0.1, 0.15) is 25.0 Å². The molecule has 0 atom stereocenters. The van der Waals surface area contributed by atoms with Gasteiger partial charge in [-0.3, -0.25) is 0 Å². The molecule has 0 unspecified atom stereocenters. The van der Waals surface area contributed by atoms with E-state index in [-0.39, 0.29) is 18.9 Å². The second-order valence-corrected chi connectivity index (χ2v) is 5.18. The first kappa shape index (κ1) is 17.9. The average molecular weight is 306 g/mol. The summed E-state index contributed by atoms with van der Waals surface area (Å²) in [5.74, 6) is -1.24. The molecular formula is C17H22O5. The Bertz CT molecular complexity index is 555. The Hall–Kier alpha value is -2.14. The number of benzene rings is 1. The summed E-state index contributed by atoms with van der Waals surface area (Å²) in [6.07, 6.45) is 0.265. The number of carbonyl (C=O) groups excluding carboxylic acids is 2. The molecule has 0 radical (unpaired) electrons. The summed E-state index contributed by atoms with van der Waals surface area (Å²) in [6.45, 7) is 3.60. The van der Waals surface area contributed by atoms with Gasteiger partial charge in [-0.15, -0.1) is 0 Å². The van der Waals surface area contributed by atoms with Crippen molar-refractivity contribution in [2.45, 2.75) is 26.9 Å². The summed E-state index contributed by atoms with van der Waals surface area (Å²) < 4.78 is 9.60. The van der Waals surface area contributed by atoms with Crippen molar-refractivity contribution in [3.63, 3.8) is 0 Å². The van der Waals surface area contributed by atoms with Crippen LogP contribution in [0.3, 0.4) is 0 Å². The van der Waals surface area contributed by atoms with Gasteiger partial charge in [-0.05, 0) is 17.0 Å². The molecular weight excluding hydrogens is 284 g/mol. The fraction of sp³-hybridized carbons (Fsp3) is 0.412. The summed E-state index contributed by atoms with van der Waals surface area (Å²) in [6, 6.07) is 7.17. The van der Waals surface area contributed by atoms with Gasteiger partial charge in [0.1, 0.15) is 0 Å². The fourth-order valence-electron chi connectivity index (χ4n) is 2.18. The van der Waals surface area contributed by atoms with Gasteiger partial charge in [0.2, 0.25) is 0 Å². The summed E-state index contributed by atoms with van der Waals surface area (Å²) in [7, 11) is 2.57. The maximum Gasteiger partial charge on any atom is 0.334 e. The second-order valence-electron chi connectivity index (χ2n) is 5.18. The van der Waals surface area contributed by atoms with Gasteiger partial charge in [0.25, 0.3) is 0 Å². The maximum atomic E-state index is 12.1. The number of hydrogen-bond donors (Lipinski definition) is 1. The van der Waals surface area contributed by atoms with Crippen molar-refractivity contribution in [1.82, 2.24) is 0 Å². The van der Waals surface area contributed by atoms with Crippen molar-refractivity contribution in [1.29, 1.82) is 0 Å². The van der Waals surface area contributed by atoms with Crippen LogP contribution in [0, 0.1) is 5.92 Å². The zero-order valence-corrected chi connectivity index (χ0v) is 13.4. The van der Waals surface area contributed by atoms with Crippen LogP contribution in [0.25, 0.3) is 0 Å². The minimum absolute atomic E-state index is 0.0423. The third-order valence-corrected chi connectivity index (χ3v) is 3.33. The fourth-order valence-corrected chi connectivity index (χ4v) is 2.18. The molecule has 0 saturated heterocycles. The van der Waals surface area contributed by atoms with Gasteiger partial charge in [0.05, 0.1) is 32.0 Å². The number of hydrogen-bond acceptors (Lipinski definition) is 5. The highest BCUT2D eigenvalue weighted by Crippen LogP contribution is 2.22. The van der Waals surface area contributed by atoms with E-state index in [2.05, 4.69) is 0 Å². The van der Waals surface area contributed by atoms with E-state index in [4.69, 9.17) is 14.6 Å². The van der Waals surface area contributed by atoms with Crippen LogP contribution < -0.4 is 0 Å². The van der Waals surface area contributed by atoms with Gasteiger partial charge in [-0.2, -0.15) is 0 Å². The van der Waals surface area contributed by atoms with Gasteiger partial charge in [0.15, 0.2) is 0 Å². The lowest BCUT2D eigenvalue weighted by Gasteiger charge is -2.15. The van der Waals surface area contributed by atoms with E-state index in [1.807, 2.05) is 26.0 Å². The zero-order valence-electron chi connectivity index (χ0n) is 13.4. The first-order chi connectivity index (χ1) is 10.4. The number of rotatable bonds is 6. The van der Waals surface area contributed by atoms with E-state index in [9.17, 15) is 9.59 Å². The van der Waals surface area contributed by atoms with Gasteiger partial charge in [0, 0.05) is 6.42 Å². The summed E-state index contributed by atoms with van der Waals surface area (Å²) in [4.78, 5) is 24.1. The molecule has 1 aromatic carbocycles. The maximum absolute atomic E-state index is 12.1. The minimum Gasteiger partial charge on any atom is -0.466 e. The lowest BCUT2D eigenvalue weighted by molar-refractivity contribution is -0.139. The zero-order chi connectivity index (χ0) is 16.7. The molecule has 22 heavy (non-hydrogen) atoms. The molecule has 0 aromatic heterocycles. The van der Waals surface area contributed by atoms with E-state index >= 15 is 0 Å². The number of methoxy groups -OCH3 is 2. The molecule has 120 valence electrons. The standard InChI is InChI=1S/C17H22O5/c1-11(2)15(17(20)22-4)14(16(19)21-3)9-12-5-7-13(10-18)8-6-12/h5-8,11,18H,9-10H2,1-4H3. The Kier molecular flexibility index (Phi) is 6.79. The first-order valence-corrected chi connectivity index (χ1v) is 7.02. The number of ether oxygens (including phenoxy) is 2. The van der Waals surface area contributed by atoms with E-state index < -0.39 is 11.9 Å². The molecule has 1 rings (SSSR count). The van der Waals surface area contributed by atoms with Crippen molar-refractivity contribution in [2.24, 2.45) is 5.92 Å². The molecule has 0 aliphatic carbocycles. The van der Waals surface area contributed by atoms with E-state index in [0.717, 1.165) is 11.1 Å². The van der Waals surface area contributed by atoms with Crippen molar-refractivity contribution in [3.05, 3.63) is 46.5 Å². The number of carbonyl (C=O) groups is 2. The molecule has 0 aliphatic rings. The SMILES string of the molecule is COC(=O)C(Cc1ccc(CO)cc1)=C(C(=O)OC)C(C)C. The van der Waals surface area contributed by atoms with Gasteiger partial charge in [-0.25, -0.2) is 9.59 Å². The van der Waals surface area contributed by atoms with E-state index in [1.165, 1.54) is 14.2 Å². The molecule has 0 aliphatic heterocycles. The van der Waals surface area contributed by atoms with E-state index in [1.54, 1.807) is 12.1 Å². The number of aliphatic hydroxyl groups excluding tert-OH is 1. The Morgan fingerprint density at radius 1 is 1.00 bits per heavy atom. The quantitative estimate of drug-likeness (QED) is 0.643. The molecule has 0 amide bonds. The van der Waals surface area contributed by atoms with Crippen LogP contribution in [0.5, 0.6) is 0 Å².